The summed E-state index contributed by atoms with van der Waals surface area (Å²) in [6, 6.07) is 2.99. The molecule has 0 aliphatic carbocycles. The van der Waals surface area contributed by atoms with E-state index in [0.717, 1.165) is 6.42 Å². The van der Waals surface area contributed by atoms with Gasteiger partial charge in [0, 0.05) is 11.6 Å². The lowest BCUT2D eigenvalue weighted by Crippen LogP contribution is -2.39. The molecule has 1 aromatic carbocycles. The molecule has 0 heterocycles. The van der Waals surface area contributed by atoms with Gasteiger partial charge in [-0.25, -0.2) is 0 Å². The van der Waals surface area contributed by atoms with E-state index in [0.29, 0.717) is 17.3 Å². The van der Waals surface area contributed by atoms with Gasteiger partial charge in [-0.2, -0.15) is 0 Å². The molecule has 1 rings (SSSR count). The van der Waals surface area contributed by atoms with Crippen molar-refractivity contribution in [1.82, 2.24) is 10.2 Å². The van der Waals surface area contributed by atoms with E-state index in [-0.39, 0.29) is 34.9 Å². The molecule has 2 amide bonds. The molecule has 0 atom stereocenters. The molecule has 0 unspecified atom stereocenters. The van der Waals surface area contributed by atoms with Gasteiger partial charge in [0.25, 0.3) is 0 Å². The number of nitrogens with zero attached hydrogens (tertiary/aromatic N) is 1. The quantitative estimate of drug-likeness (QED) is 0.779. The molecule has 0 saturated heterocycles. The summed E-state index contributed by atoms with van der Waals surface area (Å²) in [7, 11) is 1.68. The average Bonchev–Trinajstić information content (AvgIpc) is 2.40. The molecule has 1 aromatic rings. The lowest BCUT2D eigenvalue weighted by Gasteiger charge is -2.16. The van der Waals surface area contributed by atoms with Crippen LogP contribution in [0, 0.1) is 0 Å². The first-order valence-electron chi connectivity index (χ1n) is 6.73. The van der Waals surface area contributed by atoms with Crippen molar-refractivity contribution in [2.24, 2.45) is 0 Å². The van der Waals surface area contributed by atoms with Gasteiger partial charge in [-0.1, -0.05) is 41.7 Å². The number of anilines is 1. The fraction of sp³-hybridized carbons (Fsp3) is 0.429. The molecule has 0 saturated carbocycles. The van der Waals surface area contributed by atoms with Gasteiger partial charge in [-0.3, -0.25) is 14.5 Å². The second kappa shape index (κ2) is 9.20. The number of likely N-dealkylation sites (N-methyl/N-ethyl adjacent to an activating group) is 1. The van der Waals surface area contributed by atoms with Crippen molar-refractivity contribution >= 4 is 52.3 Å². The normalized spacial score (nSPS) is 10.6. The van der Waals surface area contributed by atoms with Crippen LogP contribution in [0.25, 0.3) is 0 Å². The summed E-state index contributed by atoms with van der Waals surface area (Å²) in [6.07, 6.45) is 0.865. The molecule has 2 N–H and O–H groups in total. The summed E-state index contributed by atoms with van der Waals surface area (Å²) in [5, 5.41) is 6.26. The molecule has 0 bridgehead atoms. The van der Waals surface area contributed by atoms with Crippen LogP contribution in [0.1, 0.15) is 13.3 Å². The Kier molecular flexibility index (Phi) is 7.96. The number of rotatable bonds is 7. The first kappa shape index (κ1) is 19.0. The molecular weight excluding hydrogens is 349 g/mol. The van der Waals surface area contributed by atoms with Gasteiger partial charge >= 0.3 is 0 Å². The Labute approximate surface area is 144 Å². The lowest BCUT2D eigenvalue weighted by atomic mass is 10.3. The minimum absolute atomic E-state index is 0.0365. The molecule has 0 radical (unpaired) electrons. The van der Waals surface area contributed by atoms with Crippen LogP contribution >= 0.6 is 34.8 Å². The van der Waals surface area contributed by atoms with Crippen LogP contribution in [0.2, 0.25) is 15.1 Å². The molecule has 0 spiro atoms. The number of carbonyl (C=O) groups is 2. The van der Waals surface area contributed by atoms with Crippen molar-refractivity contribution in [2.75, 3.05) is 32.0 Å². The Morgan fingerprint density at radius 3 is 2.18 bits per heavy atom. The fourth-order valence-corrected chi connectivity index (χ4v) is 2.62. The highest BCUT2D eigenvalue weighted by Gasteiger charge is 2.14. The number of hydrogen-bond donors (Lipinski definition) is 2. The summed E-state index contributed by atoms with van der Waals surface area (Å²) < 4.78 is 0. The zero-order valence-corrected chi connectivity index (χ0v) is 14.6. The molecule has 0 aliphatic heterocycles. The predicted molar refractivity (Wildman–Crippen MR) is 90.9 cm³/mol. The zero-order valence-electron chi connectivity index (χ0n) is 12.4. The maximum absolute atomic E-state index is 12.0. The second-order valence-electron chi connectivity index (χ2n) is 4.81. The number of nitrogens with one attached hydrogen (secondary N) is 2. The van der Waals surface area contributed by atoms with Gasteiger partial charge < -0.3 is 10.6 Å². The standard InChI is InChI=1S/C14H18Cl3N3O2/c1-3-4-18-12(21)7-20(2)8-13(22)19-14-10(16)5-9(15)6-11(14)17/h5-6H,3-4,7-8H2,1-2H3,(H,18,21)(H,19,22). The van der Waals surface area contributed by atoms with E-state index in [2.05, 4.69) is 10.6 Å². The summed E-state index contributed by atoms with van der Waals surface area (Å²) in [6.45, 7) is 2.76. The summed E-state index contributed by atoms with van der Waals surface area (Å²) >= 11 is 17.8. The average molecular weight is 367 g/mol. The zero-order chi connectivity index (χ0) is 16.7. The Balaban J connectivity index is 2.54. The monoisotopic (exact) mass is 365 g/mol. The van der Waals surface area contributed by atoms with Crippen LogP contribution in [0.4, 0.5) is 5.69 Å². The van der Waals surface area contributed by atoms with E-state index in [1.54, 1.807) is 11.9 Å². The van der Waals surface area contributed by atoms with Crippen molar-refractivity contribution in [2.45, 2.75) is 13.3 Å². The maximum Gasteiger partial charge on any atom is 0.238 e. The van der Waals surface area contributed by atoms with E-state index in [4.69, 9.17) is 34.8 Å². The van der Waals surface area contributed by atoms with Gasteiger partial charge in [0.2, 0.25) is 11.8 Å². The third-order valence-electron chi connectivity index (χ3n) is 2.67. The van der Waals surface area contributed by atoms with Crippen molar-refractivity contribution in [1.29, 1.82) is 0 Å². The smallest absolute Gasteiger partial charge is 0.238 e. The Bertz CT molecular complexity index is 529. The van der Waals surface area contributed by atoms with Gasteiger partial charge in [0.1, 0.15) is 0 Å². The fourth-order valence-electron chi connectivity index (χ4n) is 1.71. The lowest BCUT2D eigenvalue weighted by molar-refractivity contribution is -0.122. The van der Waals surface area contributed by atoms with Gasteiger partial charge in [-0.15, -0.1) is 0 Å². The van der Waals surface area contributed by atoms with E-state index in [9.17, 15) is 9.59 Å². The molecule has 8 heteroatoms. The SMILES string of the molecule is CCCNC(=O)CN(C)CC(=O)Nc1c(Cl)cc(Cl)cc1Cl. The van der Waals surface area contributed by atoms with E-state index in [1.165, 1.54) is 12.1 Å². The molecule has 0 fully saturated rings. The molecule has 0 aliphatic rings. The van der Waals surface area contributed by atoms with Crippen LogP contribution in [0.15, 0.2) is 12.1 Å². The molecule has 0 aromatic heterocycles. The summed E-state index contributed by atoms with van der Waals surface area (Å²) in [5.41, 5.74) is 0.307. The molecular formula is C14H18Cl3N3O2. The second-order valence-corrected chi connectivity index (χ2v) is 6.07. The largest absolute Gasteiger partial charge is 0.355 e. The van der Waals surface area contributed by atoms with Crippen LogP contribution in [0.5, 0.6) is 0 Å². The highest BCUT2D eigenvalue weighted by molar-refractivity contribution is 6.42. The van der Waals surface area contributed by atoms with Crippen LogP contribution < -0.4 is 10.6 Å². The van der Waals surface area contributed by atoms with Crippen molar-refractivity contribution in [3.05, 3.63) is 27.2 Å². The topological polar surface area (TPSA) is 61.4 Å². The first-order chi connectivity index (χ1) is 10.3. The Morgan fingerprint density at radius 1 is 1.09 bits per heavy atom. The Morgan fingerprint density at radius 2 is 1.64 bits per heavy atom. The molecule has 5 nitrogen and oxygen atoms in total. The van der Waals surface area contributed by atoms with Crippen LogP contribution in [-0.4, -0.2) is 43.4 Å². The summed E-state index contributed by atoms with van der Waals surface area (Å²) in [4.78, 5) is 25.1. The van der Waals surface area contributed by atoms with E-state index < -0.39 is 0 Å². The van der Waals surface area contributed by atoms with Crippen molar-refractivity contribution in [3.8, 4) is 0 Å². The number of amides is 2. The third-order valence-corrected chi connectivity index (χ3v) is 3.48. The minimum Gasteiger partial charge on any atom is -0.355 e. The number of hydrogen-bond acceptors (Lipinski definition) is 3. The van der Waals surface area contributed by atoms with Gasteiger partial charge in [0.15, 0.2) is 0 Å². The summed E-state index contributed by atoms with van der Waals surface area (Å²) in [5.74, 6) is -0.448. The number of carbonyl (C=O) groups excluding carboxylic acids is 2. The molecule has 22 heavy (non-hydrogen) atoms. The highest BCUT2D eigenvalue weighted by atomic mass is 35.5. The maximum atomic E-state index is 12.0. The van der Waals surface area contributed by atoms with E-state index in [1.807, 2.05) is 6.92 Å². The van der Waals surface area contributed by atoms with Gasteiger partial charge in [-0.05, 0) is 25.6 Å². The van der Waals surface area contributed by atoms with Crippen LogP contribution in [0.3, 0.4) is 0 Å². The Hall–Kier alpha value is -1.01. The van der Waals surface area contributed by atoms with Crippen LogP contribution in [-0.2, 0) is 9.59 Å². The van der Waals surface area contributed by atoms with Crippen molar-refractivity contribution in [3.63, 3.8) is 0 Å². The van der Waals surface area contributed by atoms with Crippen molar-refractivity contribution < 1.29 is 9.59 Å². The van der Waals surface area contributed by atoms with E-state index >= 15 is 0 Å². The van der Waals surface area contributed by atoms with Gasteiger partial charge in [0.05, 0.1) is 28.8 Å². The number of halogens is 3. The third kappa shape index (κ3) is 6.40. The number of benzene rings is 1. The predicted octanol–water partition coefficient (Wildman–Crippen LogP) is 3.04. The molecule has 122 valence electrons. The minimum atomic E-state index is -0.322. The highest BCUT2D eigenvalue weighted by Crippen LogP contribution is 2.33. The first-order valence-corrected chi connectivity index (χ1v) is 7.86.